The Balaban J connectivity index is 1.25. The predicted octanol–water partition coefficient (Wildman–Crippen LogP) is 9.43. The van der Waals surface area contributed by atoms with Crippen LogP contribution in [-0.4, -0.2) is 24.5 Å². The fourth-order valence-corrected chi connectivity index (χ4v) is 6.76. The summed E-state index contributed by atoms with van der Waals surface area (Å²) >= 11 is 1.67. The SMILES string of the molecule is c1ccc(-c2cccc(-n3c4ccc(-c5ncco5)cc4c4ccc(-c5nc6cc(-c7ncco7)ccc6s5)cc43)c2)nc1. The van der Waals surface area contributed by atoms with Crippen LogP contribution in [0.1, 0.15) is 0 Å². The summed E-state index contributed by atoms with van der Waals surface area (Å²) in [5.74, 6) is 1.18. The van der Waals surface area contributed by atoms with Crippen LogP contribution >= 0.6 is 11.3 Å². The molecule has 8 heteroatoms. The van der Waals surface area contributed by atoms with Gasteiger partial charge in [0, 0.05) is 44.9 Å². The smallest absolute Gasteiger partial charge is 0.225 e. The van der Waals surface area contributed by atoms with Gasteiger partial charge in [-0.25, -0.2) is 15.0 Å². The Hall–Kier alpha value is -5.86. The number of benzene rings is 4. The fourth-order valence-electron chi connectivity index (χ4n) is 5.82. The summed E-state index contributed by atoms with van der Waals surface area (Å²) in [5.41, 5.74) is 9.01. The maximum atomic E-state index is 5.63. The summed E-state index contributed by atoms with van der Waals surface area (Å²) in [6.07, 6.45) is 8.33. The molecule has 0 saturated heterocycles. The van der Waals surface area contributed by atoms with Gasteiger partial charge >= 0.3 is 0 Å². The van der Waals surface area contributed by atoms with E-state index in [0.29, 0.717) is 11.8 Å². The van der Waals surface area contributed by atoms with E-state index in [0.717, 1.165) is 70.7 Å². The Morgan fingerprint density at radius 3 is 2.18 bits per heavy atom. The van der Waals surface area contributed by atoms with E-state index in [1.54, 1.807) is 36.3 Å². The Morgan fingerprint density at radius 2 is 1.39 bits per heavy atom. The van der Waals surface area contributed by atoms with E-state index in [1.165, 1.54) is 0 Å². The molecule has 4 aromatic carbocycles. The number of hydrogen-bond donors (Lipinski definition) is 0. The molecule has 5 aromatic heterocycles. The molecule has 0 saturated carbocycles. The van der Waals surface area contributed by atoms with E-state index < -0.39 is 0 Å². The van der Waals surface area contributed by atoms with Gasteiger partial charge in [0.25, 0.3) is 0 Å². The average Bonchev–Trinajstić information content (AvgIpc) is 3.90. The summed E-state index contributed by atoms with van der Waals surface area (Å²) in [6.45, 7) is 0. The molecule has 208 valence electrons. The summed E-state index contributed by atoms with van der Waals surface area (Å²) in [6, 6.07) is 33.6. The van der Waals surface area contributed by atoms with Gasteiger partial charge in [-0.2, -0.15) is 0 Å². The van der Waals surface area contributed by atoms with E-state index in [4.69, 9.17) is 13.8 Å². The van der Waals surface area contributed by atoms with Crippen molar-refractivity contribution in [1.82, 2.24) is 24.5 Å². The number of fused-ring (bicyclic) bond motifs is 4. The van der Waals surface area contributed by atoms with Crippen LogP contribution in [0.2, 0.25) is 0 Å². The first-order valence-electron chi connectivity index (χ1n) is 14.1. The monoisotopic (exact) mass is 587 g/mol. The highest BCUT2D eigenvalue weighted by Crippen LogP contribution is 2.39. The molecule has 0 aliphatic heterocycles. The fraction of sp³-hybridized carbons (Fsp3) is 0. The van der Waals surface area contributed by atoms with E-state index >= 15 is 0 Å². The van der Waals surface area contributed by atoms with Gasteiger partial charge in [0.05, 0.1) is 39.3 Å². The Labute approximate surface area is 254 Å². The molecule has 0 N–H and O–H groups in total. The number of rotatable bonds is 5. The van der Waals surface area contributed by atoms with Crippen molar-refractivity contribution in [3.05, 3.63) is 128 Å². The lowest BCUT2D eigenvalue weighted by atomic mass is 10.1. The maximum Gasteiger partial charge on any atom is 0.225 e. The number of hydrogen-bond acceptors (Lipinski definition) is 7. The minimum atomic E-state index is 0.587. The first-order valence-corrected chi connectivity index (χ1v) is 14.9. The highest BCUT2D eigenvalue weighted by molar-refractivity contribution is 7.21. The average molecular weight is 588 g/mol. The van der Waals surface area contributed by atoms with Crippen LogP contribution in [0, 0.1) is 0 Å². The van der Waals surface area contributed by atoms with Crippen molar-refractivity contribution in [3.8, 4) is 50.4 Å². The van der Waals surface area contributed by atoms with Crippen LogP contribution in [0.5, 0.6) is 0 Å². The molecule has 0 amide bonds. The minimum absolute atomic E-state index is 0.587. The van der Waals surface area contributed by atoms with Crippen LogP contribution in [-0.2, 0) is 0 Å². The van der Waals surface area contributed by atoms with Crippen LogP contribution in [0.15, 0.2) is 137 Å². The van der Waals surface area contributed by atoms with Gasteiger partial charge in [-0.15, -0.1) is 11.3 Å². The molecule has 9 rings (SSSR count). The van der Waals surface area contributed by atoms with E-state index in [2.05, 4.69) is 86.2 Å². The van der Waals surface area contributed by atoms with Crippen molar-refractivity contribution in [1.29, 1.82) is 0 Å². The Bertz CT molecular complexity index is 2440. The van der Waals surface area contributed by atoms with Gasteiger partial charge in [-0.1, -0.05) is 30.3 Å². The molecule has 44 heavy (non-hydrogen) atoms. The third-order valence-corrected chi connectivity index (χ3v) is 8.91. The second-order valence-corrected chi connectivity index (χ2v) is 11.5. The Morgan fingerprint density at radius 1 is 0.568 bits per heavy atom. The molecule has 7 nitrogen and oxygen atoms in total. The molecule has 0 aliphatic carbocycles. The molecule has 0 spiro atoms. The first kappa shape index (κ1) is 24.7. The van der Waals surface area contributed by atoms with Crippen molar-refractivity contribution in [2.45, 2.75) is 0 Å². The zero-order valence-electron chi connectivity index (χ0n) is 23.1. The van der Waals surface area contributed by atoms with Crippen molar-refractivity contribution in [2.75, 3.05) is 0 Å². The predicted molar refractivity (Wildman–Crippen MR) is 174 cm³/mol. The lowest BCUT2D eigenvalue weighted by molar-refractivity contribution is 0.574. The first-order chi connectivity index (χ1) is 21.8. The lowest BCUT2D eigenvalue weighted by Gasteiger charge is -2.10. The van der Waals surface area contributed by atoms with E-state index in [1.807, 2.05) is 36.5 Å². The lowest BCUT2D eigenvalue weighted by Crippen LogP contribution is -1.95. The third kappa shape index (κ3) is 4.04. The van der Waals surface area contributed by atoms with Crippen molar-refractivity contribution >= 4 is 43.4 Å². The largest absolute Gasteiger partial charge is 0.445 e. The summed E-state index contributed by atoms with van der Waals surface area (Å²) in [5, 5.41) is 3.20. The Kier molecular flexibility index (Phi) is 5.54. The number of nitrogens with zero attached hydrogens (tertiary/aromatic N) is 5. The summed E-state index contributed by atoms with van der Waals surface area (Å²) in [4.78, 5) is 18.3. The van der Waals surface area contributed by atoms with Crippen molar-refractivity contribution in [2.24, 2.45) is 0 Å². The molecule has 0 atom stereocenters. The van der Waals surface area contributed by atoms with E-state index in [9.17, 15) is 0 Å². The minimum Gasteiger partial charge on any atom is -0.445 e. The molecule has 9 aromatic rings. The van der Waals surface area contributed by atoms with Crippen LogP contribution in [0.3, 0.4) is 0 Å². The summed E-state index contributed by atoms with van der Waals surface area (Å²) < 4.78 is 14.6. The van der Waals surface area contributed by atoms with Crippen molar-refractivity contribution in [3.63, 3.8) is 0 Å². The maximum absolute atomic E-state index is 5.63. The van der Waals surface area contributed by atoms with Gasteiger partial charge in [0.15, 0.2) is 0 Å². The van der Waals surface area contributed by atoms with Gasteiger partial charge < -0.3 is 13.4 Å². The number of thiazole rings is 1. The standard InChI is InChI=1S/C36H21N5O2S/c1-2-13-37-29(6-1)22-4-3-5-26(18-22)41-31-11-8-23(34-38-14-16-42-34)19-28(31)27-10-7-25(21-32(27)41)36-40-30-20-24(9-12-33(30)44-36)35-39-15-17-43-35/h1-21H. The quantitative estimate of drug-likeness (QED) is 0.199. The van der Waals surface area contributed by atoms with Gasteiger partial charge in [0.2, 0.25) is 11.8 Å². The molecule has 5 heterocycles. The topological polar surface area (TPSA) is 82.8 Å². The molecule has 0 aliphatic rings. The second-order valence-electron chi connectivity index (χ2n) is 10.4. The van der Waals surface area contributed by atoms with Crippen LogP contribution < -0.4 is 0 Å². The number of oxazole rings is 2. The highest BCUT2D eigenvalue weighted by atomic mass is 32.1. The van der Waals surface area contributed by atoms with Crippen molar-refractivity contribution < 1.29 is 8.83 Å². The van der Waals surface area contributed by atoms with E-state index in [-0.39, 0.29) is 0 Å². The molecule has 0 bridgehead atoms. The van der Waals surface area contributed by atoms with Gasteiger partial charge in [-0.3, -0.25) is 4.98 Å². The highest BCUT2D eigenvalue weighted by Gasteiger charge is 2.17. The molecule has 0 fully saturated rings. The summed E-state index contributed by atoms with van der Waals surface area (Å²) in [7, 11) is 0. The second kappa shape index (κ2) is 9.86. The number of aromatic nitrogens is 5. The zero-order chi connectivity index (χ0) is 29.0. The third-order valence-electron chi connectivity index (χ3n) is 7.82. The van der Waals surface area contributed by atoms with Gasteiger partial charge in [0.1, 0.15) is 17.5 Å². The van der Waals surface area contributed by atoms with Gasteiger partial charge in [-0.05, 0) is 66.7 Å². The molecule has 0 radical (unpaired) electrons. The molecular formula is C36H21N5O2S. The zero-order valence-corrected chi connectivity index (χ0v) is 23.9. The van der Waals surface area contributed by atoms with Crippen LogP contribution in [0.25, 0.3) is 82.4 Å². The van der Waals surface area contributed by atoms with Crippen LogP contribution in [0.4, 0.5) is 0 Å². The number of pyridine rings is 1. The normalized spacial score (nSPS) is 11.6. The molecular weight excluding hydrogens is 566 g/mol. The molecule has 0 unspecified atom stereocenters.